The molecule has 2 nitrogen and oxygen atoms in total. The molecule has 0 atom stereocenters. The van der Waals surface area contributed by atoms with Crippen molar-refractivity contribution in [1.82, 2.24) is 0 Å². The Labute approximate surface area is 127 Å². The summed E-state index contributed by atoms with van der Waals surface area (Å²) in [7, 11) is 0. The molecule has 0 amide bonds. The van der Waals surface area contributed by atoms with Gasteiger partial charge in [0.05, 0.1) is 10.9 Å². The van der Waals surface area contributed by atoms with Crippen molar-refractivity contribution in [3.8, 4) is 11.1 Å². The molecule has 0 bridgehead atoms. The van der Waals surface area contributed by atoms with Crippen LogP contribution in [0.4, 0.5) is 0 Å². The van der Waals surface area contributed by atoms with Gasteiger partial charge in [-0.05, 0) is 17.7 Å². The van der Waals surface area contributed by atoms with Crippen LogP contribution in [0.2, 0.25) is 0 Å². The van der Waals surface area contributed by atoms with Crippen LogP contribution in [0.15, 0.2) is 70.1 Å². The summed E-state index contributed by atoms with van der Waals surface area (Å²) in [6.45, 7) is 0. The van der Waals surface area contributed by atoms with Crippen molar-refractivity contribution in [3.63, 3.8) is 0 Å². The van der Waals surface area contributed by atoms with Crippen molar-refractivity contribution in [2.75, 3.05) is 0 Å². The molecular weight excluding hydrogens is 235 g/mol. The molecule has 0 radical (unpaired) electrons. The Hall–Kier alpha value is -1.35. The summed E-state index contributed by atoms with van der Waals surface area (Å²) in [4.78, 5) is 12.3. The van der Waals surface area contributed by atoms with Crippen LogP contribution in [-0.4, -0.2) is 29.6 Å². The number of hydrogen-bond donors (Lipinski definition) is 0. The first-order chi connectivity index (χ1) is 8.36. The standard InChI is InChI=1S/C15H10O2.Na.H/c16-15-12-8-4-5-9-14(12)17-10-13(15)11-6-2-1-3-7-11;;/h1-10H;;. The second-order valence-corrected chi connectivity index (χ2v) is 3.84. The fourth-order valence-electron chi connectivity index (χ4n) is 1.89. The van der Waals surface area contributed by atoms with Crippen LogP contribution in [0.3, 0.4) is 0 Å². The van der Waals surface area contributed by atoms with E-state index >= 15 is 0 Å². The Bertz CT molecular complexity index is 717. The summed E-state index contributed by atoms with van der Waals surface area (Å²) < 4.78 is 5.48. The molecule has 3 aromatic rings. The first-order valence-corrected chi connectivity index (χ1v) is 5.42. The zero-order chi connectivity index (χ0) is 11.7. The maximum atomic E-state index is 12.3. The van der Waals surface area contributed by atoms with Gasteiger partial charge in [0, 0.05) is 0 Å². The molecule has 0 aliphatic heterocycles. The first-order valence-electron chi connectivity index (χ1n) is 5.42. The van der Waals surface area contributed by atoms with Crippen LogP contribution in [0.5, 0.6) is 0 Å². The average Bonchev–Trinajstić information content (AvgIpc) is 2.40. The predicted molar refractivity (Wildman–Crippen MR) is 75.1 cm³/mol. The van der Waals surface area contributed by atoms with Gasteiger partial charge in [-0.15, -0.1) is 0 Å². The Balaban J connectivity index is 0.00000120. The van der Waals surface area contributed by atoms with Crippen molar-refractivity contribution >= 4 is 40.5 Å². The third kappa shape index (κ3) is 2.27. The third-order valence-corrected chi connectivity index (χ3v) is 2.76. The summed E-state index contributed by atoms with van der Waals surface area (Å²) in [5.41, 5.74) is 2.12. The number of benzene rings is 2. The van der Waals surface area contributed by atoms with Crippen LogP contribution >= 0.6 is 0 Å². The van der Waals surface area contributed by atoms with Gasteiger partial charge in [-0.1, -0.05) is 42.5 Å². The zero-order valence-electron chi connectivity index (χ0n) is 9.09. The quantitative estimate of drug-likeness (QED) is 0.618. The fourth-order valence-corrected chi connectivity index (χ4v) is 1.89. The molecule has 0 N–H and O–H groups in total. The molecule has 0 spiro atoms. The Kier molecular flexibility index (Phi) is 4.02. The molecule has 18 heavy (non-hydrogen) atoms. The van der Waals surface area contributed by atoms with Crippen molar-refractivity contribution in [2.45, 2.75) is 0 Å². The van der Waals surface area contributed by atoms with Gasteiger partial charge >= 0.3 is 29.6 Å². The van der Waals surface area contributed by atoms with Gasteiger partial charge in [-0.2, -0.15) is 0 Å². The topological polar surface area (TPSA) is 30.2 Å². The van der Waals surface area contributed by atoms with Crippen LogP contribution in [0.25, 0.3) is 22.1 Å². The zero-order valence-corrected chi connectivity index (χ0v) is 9.09. The van der Waals surface area contributed by atoms with E-state index in [9.17, 15) is 4.79 Å². The van der Waals surface area contributed by atoms with Gasteiger partial charge in [0.25, 0.3) is 0 Å². The van der Waals surface area contributed by atoms with Crippen LogP contribution in [-0.2, 0) is 0 Å². The molecule has 0 aliphatic carbocycles. The van der Waals surface area contributed by atoms with Crippen molar-refractivity contribution in [3.05, 3.63) is 71.1 Å². The van der Waals surface area contributed by atoms with Crippen LogP contribution in [0.1, 0.15) is 0 Å². The van der Waals surface area contributed by atoms with E-state index in [2.05, 4.69) is 0 Å². The molecule has 0 unspecified atom stereocenters. The number of rotatable bonds is 1. The Morgan fingerprint density at radius 1 is 0.833 bits per heavy atom. The van der Waals surface area contributed by atoms with E-state index in [1.807, 2.05) is 42.5 Å². The van der Waals surface area contributed by atoms with Gasteiger partial charge in [0.15, 0.2) is 5.43 Å². The molecule has 0 saturated carbocycles. The normalized spacial score (nSPS) is 10.0. The van der Waals surface area contributed by atoms with Gasteiger partial charge in [-0.25, -0.2) is 0 Å². The van der Waals surface area contributed by atoms with E-state index in [-0.39, 0.29) is 35.0 Å². The van der Waals surface area contributed by atoms with Gasteiger partial charge in [0.1, 0.15) is 11.8 Å². The van der Waals surface area contributed by atoms with E-state index < -0.39 is 0 Å². The van der Waals surface area contributed by atoms with E-state index in [0.29, 0.717) is 16.5 Å². The molecule has 0 aliphatic rings. The van der Waals surface area contributed by atoms with Crippen molar-refractivity contribution in [2.24, 2.45) is 0 Å². The average molecular weight is 246 g/mol. The molecule has 3 heteroatoms. The van der Waals surface area contributed by atoms with Crippen molar-refractivity contribution < 1.29 is 4.42 Å². The summed E-state index contributed by atoms with van der Waals surface area (Å²) in [6, 6.07) is 16.8. The van der Waals surface area contributed by atoms with Crippen molar-refractivity contribution in [1.29, 1.82) is 0 Å². The SMILES string of the molecule is O=c1c(-c2ccccc2)coc2ccccc12.[NaH]. The van der Waals surface area contributed by atoms with Gasteiger partial charge in [-0.3, -0.25) is 4.79 Å². The van der Waals surface area contributed by atoms with E-state index in [1.165, 1.54) is 6.26 Å². The Morgan fingerprint density at radius 2 is 1.50 bits per heavy atom. The molecule has 84 valence electrons. The van der Waals surface area contributed by atoms with E-state index in [4.69, 9.17) is 4.42 Å². The Morgan fingerprint density at radius 3 is 2.28 bits per heavy atom. The fraction of sp³-hybridized carbons (Fsp3) is 0. The predicted octanol–water partition coefficient (Wildman–Crippen LogP) is 2.81. The van der Waals surface area contributed by atoms with E-state index in [1.54, 1.807) is 12.1 Å². The summed E-state index contributed by atoms with van der Waals surface area (Å²) in [5, 5.41) is 0.619. The molecule has 1 aromatic heterocycles. The third-order valence-electron chi connectivity index (χ3n) is 2.76. The van der Waals surface area contributed by atoms with Gasteiger partial charge < -0.3 is 4.42 Å². The number of para-hydroxylation sites is 1. The van der Waals surface area contributed by atoms with Crippen LogP contribution in [0, 0.1) is 0 Å². The second-order valence-electron chi connectivity index (χ2n) is 3.84. The molecule has 0 saturated heterocycles. The monoisotopic (exact) mass is 246 g/mol. The minimum absolute atomic E-state index is 0. The molecule has 3 rings (SSSR count). The van der Waals surface area contributed by atoms with Crippen LogP contribution < -0.4 is 5.43 Å². The molecule has 2 aromatic carbocycles. The second kappa shape index (κ2) is 5.53. The summed E-state index contributed by atoms with van der Waals surface area (Å²) in [5.74, 6) is 0. The minimum atomic E-state index is 0. The number of hydrogen-bond acceptors (Lipinski definition) is 2. The van der Waals surface area contributed by atoms with Gasteiger partial charge in [0.2, 0.25) is 0 Å². The van der Waals surface area contributed by atoms with E-state index in [0.717, 1.165) is 5.56 Å². The number of fused-ring (bicyclic) bond motifs is 1. The first kappa shape index (κ1) is 13.1. The summed E-state index contributed by atoms with van der Waals surface area (Å²) in [6.07, 6.45) is 1.53. The summed E-state index contributed by atoms with van der Waals surface area (Å²) >= 11 is 0. The molecular formula is C15H11NaO2. The molecule has 0 fully saturated rings. The molecule has 1 heterocycles. The maximum absolute atomic E-state index is 12.3.